The Morgan fingerprint density at radius 1 is 1.12 bits per heavy atom. The van der Waals surface area contributed by atoms with Crippen LogP contribution < -0.4 is 10.6 Å². The fourth-order valence-corrected chi connectivity index (χ4v) is 4.57. The van der Waals surface area contributed by atoms with E-state index < -0.39 is 5.97 Å². The Kier molecular flexibility index (Phi) is 9.49. The van der Waals surface area contributed by atoms with E-state index in [9.17, 15) is 9.59 Å². The Labute approximate surface area is 194 Å². The van der Waals surface area contributed by atoms with E-state index >= 15 is 0 Å². The summed E-state index contributed by atoms with van der Waals surface area (Å²) in [5.41, 5.74) is 1.01. The number of carbonyl (C=O) groups is 2. The van der Waals surface area contributed by atoms with Crippen molar-refractivity contribution in [2.75, 3.05) is 13.1 Å². The van der Waals surface area contributed by atoms with Crippen LogP contribution >= 0.6 is 12.2 Å². The number of benzene rings is 1. The van der Waals surface area contributed by atoms with Gasteiger partial charge in [0.1, 0.15) is 6.61 Å². The van der Waals surface area contributed by atoms with Crippen molar-refractivity contribution in [2.24, 2.45) is 11.8 Å². The van der Waals surface area contributed by atoms with Crippen molar-refractivity contribution in [2.45, 2.75) is 57.3 Å². The fraction of sp³-hybridized carbons (Fsp3) is 0.542. The third kappa shape index (κ3) is 7.60. The second-order valence-electron chi connectivity index (χ2n) is 8.33. The first-order valence-electron chi connectivity index (χ1n) is 11.3. The zero-order valence-electron chi connectivity index (χ0n) is 18.2. The highest BCUT2D eigenvalue weighted by atomic mass is 32.1. The summed E-state index contributed by atoms with van der Waals surface area (Å²) in [5, 5.41) is 14.8. The summed E-state index contributed by atoms with van der Waals surface area (Å²) in [4.78, 5) is 22.9. The van der Waals surface area contributed by atoms with Gasteiger partial charge in [-0.1, -0.05) is 42.5 Å². The van der Waals surface area contributed by atoms with Crippen molar-refractivity contribution >= 4 is 29.3 Å². The number of hydrogen-bond donors (Lipinski definition) is 3. The molecule has 3 rings (SSSR count). The molecule has 0 aliphatic carbocycles. The summed E-state index contributed by atoms with van der Waals surface area (Å²) in [6.07, 6.45) is 9.28. The van der Waals surface area contributed by atoms with Crippen molar-refractivity contribution in [1.82, 2.24) is 10.6 Å². The van der Waals surface area contributed by atoms with Gasteiger partial charge in [0, 0.05) is 18.9 Å². The molecule has 1 aromatic rings. The molecule has 1 amide bonds. The zero-order chi connectivity index (χ0) is 22.8. The molecule has 32 heavy (non-hydrogen) atoms. The first-order valence-corrected chi connectivity index (χ1v) is 11.7. The summed E-state index contributed by atoms with van der Waals surface area (Å²) in [6.45, 7) is 1.02. The van der Waals surface area contributed by atoms with Crippen molar-refractivity contribution in [3.05, 3.63) is 48.0 Å². The summed E-state index contributed by atoms with van der Waals surface area (Å²) in [7, 11) is 0. The number of hydrogen-bond acceptors (Lipinski definition) is 5. The Bertz CT molecular complexity index is 801. The molecular weight excluding hydrogens is 428 g/mol. The molecular formula is C24H32N2O5S. The molecule has 2 bridgehead atoms. The van der Waals surface area contributed by atoms with E-state index in [1.807, 2.05) is 30.3 Å². The monoisotopic (exact) mass is 460 g/mol. The Hall–Kier alpha value is -2.45. The van der Waals surface area contributed by atoms with Gasteiger partial charge in [-0.3, -0.25) is 9.59 Å². The maximum atomic E-state index is 12.3. The normalized spacial score (nSPS) is 23.9. The van der Waals surface area contributed by atoms with Gasteiger partial charge in [-0.25, -0.2) is 0 Å². The molecule has 3 N–H and O–H groups in total. The number of amides is 1. The molecule has 174 valence electrons. The van der Waals surface area contributed by atoms with Gasteiger partial charge in [0.15, 0.2) is 0 Å². The first kappa shape index (κ1) is 24.2. The van der Waals surface area contributed by atoms with Gasteiger partial charge in [-0.15, -0.1) is 0 Å². The lowest BCUT2D eigenvalue weighted by Crippen LogP contribution is -2.42. The highest BCUT2D eigenvalue weighted by Gasteiger charge is 2.47. The highest BCUT2D eigenvalue weighted by molar-refractivity contribution is 7.80. The molecule has 0 spiro atoms. The molecule has 2 fully saturated rings. The number of carboxylic acid groups (broad SMARTS) is 1. The molecule has 0 saturated carbocycles. The van der Waals surface area contributed by atoms with E-state index in [0.717, 1.165) is 31.2 Å². The van der Waals surface area contributed by atoms with Crippen LogP contribution in [0.1, 0.15) is 44.1 Å². The number of fused-ring (bicyclic) bond motifs is 2. The quantitative estimate of drug-likeness (QED) is 0.250. The third-order valence-corrected chi connectivity index (χ3v) is 6.33. The number of carbonyl (C=O) groups excluding carboxylic acids is 1. The second-order valence-corrected chi connectivity index (χ2v) is 8.70. The minimum Gasteiger partial charge on any atom is -0.481 e. The molecule has 2 aliphatic rings. The molecule has 2 aliphatic heterocycles. The second kappa shape index (κ2) is 12.6. The molecule has 1 aromatic carbocycles. The van der Waals surface area contributed by atoms with Crippen molar-refractivity contribution < 1.29 is 24.2 Å². The standard InChI is InChI=1S/C24H32N2O5S/c27-22(15-26-24(32)30-16-17-8-4-3-5-9-17)25-14-19-18(20-12-13-21(19)31-20)10-6-1-2-7-11-23(28)29/h1,3-6,8-9,18-21H,2,7,10-16H2,(H,25,27)(H,26,32)(H,28,29)/b6-1-/t18-,19+,20-,21+/m1/s1. The van der Waals surface area contributed by atoms with Crippen molar-refractivity contribution in [1.29, 1.82) is 0 Å². The van der Waals surface area contributed by atoms with E-state index in [1.165, 1.54) is 0 Å². The lowest BCUT2D eigenvalue weighted by Gasteiger charge is -2.27. The average molecular weight is 461 g/mol. The number of carboxylic acids is 1. The number of rotatable bonds is 12. The number of nitrogens with one attached hydrogen (secondary N) is 2. The molecule has 4 atom stereocenters. The van der Waals surface area contributed by atoms with Crippen LogP contribution in [0.2, 0.25) is 0 Å². The summed E-state index contributed by atoms with van der Waals surface area (Å²) >= 11 is 5.14. The van der Waals surface area contributed by atoms with E-state index in [2.05, 4.69) is 22.8 Å². The van der Waals surface area contributed by atoms with Gasteiger partial charge in [0.2, 0.25) is 5.91 Å². The lowest BCUT2D eigenvalue weighted by molar-refractivity contribution is -0.137. The summed E-state index contributed by atoms with van der Waals surface area (Å²) in [6, 6.07) is 9.72. The van der Waals surface area contributed by atoms with Gasteiger partial charge < -0.3 is 25.2 Å². The average Bonchev–Trinajstić information content (AvgIpc) is 3.39. The minimum atomic E-state index is -0.756. The Morgan fingerprint density at radius 3 is 2.62 bits per heavy atom. The molecule has 0 unspecified atom stereocenters. The summed E-state index contributed by atoms with van der Waals surface area (Å²) in [5.74, 6) is -0.203. The zero-order valence-corrected chi connectivity index (χ0v) is 19.0. The predicted molar refractivity (Wildman–Crippen MR) is 125 cm³/mol. The predicted octanol–water partition coefficient (Wildman–Crippen LogP) is 3.19. The van der Waals surface area contributed by atoms with E-state index in [-0.39, 0.29) is 36.3 Å². The molecule has 0 radical (unpaired) electrons. The summed E-state index contributed by atoms with van der Waals surface area (Å²) < 4.78 is 11.6. The van der Waals surface area contributed by atoms with Crippen LogP contribution in [0.3, 0.4) is 0 Å². The number of unbranched alkanes of at least 4 members (excludes halogenated alkanes) is 1. The molecule has 0 aromatic heterocycles. The number of aliphatic carboxylic acids is 1. The molecule has 2 heterocycles. The van der Waals surface area contributed by atoms with E-state index in [4.69, 9.17) is 26.8 Å². The smallest absolute Gasteiger partial charge is 0.303 e. The van der Waals surface area contributed by atoms with Crippen molar-refractivity contribution in [3.63, 3.8) is 0 Å². The van der Waals surface area contributed by atoms with Crippen LogP contribution in [0.25, 0.3) is 0 Å². The third-order valence-electron chi connectivity index (χ3n) is 6.07. The van der Waals surface area contributed by atoms with Crippen molar-refractivity contribution in [3.8, 4) is 0 Å². The van der Waals surface area contributed by atoms with Crippen LogP contribution in [-0.2, 0) is 25.7 Å². The highest BCUT2D eigenvalue weighted by Crippen LogP contribution is 2.44. The number of ether oxygens (including phenoxy) is 2. The number of allylic oxidation sites excluding steroid dienone is 2. The van der Waals surface area contributed by atoms with Crippen LogP contribution in [0.5, 0.6) is 0 Å². The topological polar surface area (TPSA) is 96.9 Å². The van der Waals surface area contributed by atoms with Gasteiger partial charge >= 0.3 is 5.97 Å². The first-order chi connectivity index (χ1) is 15.5. The van der Waals surface area contributed by atoms with Crippen LogP contribution in [-0.4, -0.2) is 47.5 Å². The maximum absolute atomic E-state index is 12.3. The van der Waals surface area contributed by atoms with E-state index in [1.54, 1.807) is 0 Å². The van der Waals surface area contributed by atoms with Gasteiger partial charge in [0.25, 0.3) is 5.17 Å². The van der Waals surface area contributed by atoms with Gasteiger partial charge in [0.05, 0.1) is 18.8 Å². The minimum absolute atomic E-state index is 0.0729. The van der Waals surface area contributed by atoms with Gasteiger partial charge in [-0.2, -0.15) is 0 Å². The number of thiocarbonyl (C=S) groups is 1. The van der Waals surface area contributed by atoms with Gasteiger partial charge in [-0.05, 0) is 55.8 Å². The lowest BCUT2D eigenvalue weighted by atomic mass is 9.77. The molecule has 8 heteroatoms. The van der Waals surface area contributed by atoms with Crippen LogP contribution in [0.15, 0.2) is 42.5 Å². The van der Waals surface area contributed by atoms with E-state index in [0.29, 0.717) is 31.4 Å². The molecule has 7 nitrogen and oxygen atoms in total. The maximum Gasteiger partial charge on any atom is 0.303 e. The van der Waals surface area contributed by atoms with Crippen LogP contribution in [0, 0.1) is 11.8 Å². The molecule has 2 saturated heterocycles. The SMILES string of the molecule is O=C(O)CCC/C=C\C[C@@H]1[C@H](CNC(=O)CNC(=S)OCc2ccccc2)[C@@H]2CC[C@H]1O2. The van der Waals surface area contributed by atoms with Crippen LogP contribution in [0.4, 0.5) is 0 Å². The largest absolute Gasteiger partial charge is 0.481 e. The fourth-order valence-electron chi connectivity index (χ4n) is 4.44. The Morgan fingerprint density at radius 2 is 1.88 bits per heavy atom. The Balaban J connectivity index is 1.34.